The molecule has 0 saturated heterocycles. The van der Waals surface area contributed by atoms with Gasteiger partial charge in [-0.05, 0) is 37.3 Å². The molecule has 0 aliphatic carbocycles. The lowest BCUT2D eigenvalue weighted by Gasteiger charge is -2.15. The maximum Gasteiger partial charge on any atom is 0.344 e. The number of amides is 1. The Morgan fingerprint density at radius 1 is 1.27 bits per heavy atom. The zero-order valence-electron chi connectivity index (χ0n) is 14.1. The second-order valence-corrected chi connectivity index (χ2v) is 5.62. The number of hydrogen-bond acceptors (Lipinski definition) is 5. The molecule has 1 amide bonds. The van der Waals surface area contributed by atoms with E-state index in [0.29, 0.717) is 21.9 Å². The van der Waals surface area contributed by atoms with Crippen LogP contribution in [0.15, 0.2) is 47.6 Å². The first-order chi connectivity index (χ1) is 12.4. The summed E-state index contributed by atoms with van der Waals surface area (Å²) in [6, 6.07) is 11.4. The van der Waals surface area contributed by atoms with Crippen molar-refractivity contribution in [2.24, 2.45) is 5.10 Å². The molecule has 0 aliphatic heterocycles. The summed E-state index contributed by atoms with van der Waals surface area (Å²) in [7, 11) is 1.44. The van der Waals surface area contributed by atoms with Gasteiger partial charge in [0.1, 0.15) is 0 Å². The highest BCUT2D eigenvalue weighted by molar-refractivity contribution is 6.30. The first kappa shape index (κ1) is 19.3. The Morgan fingerprint density at radius 3 is 2.65 bits per heavy atom. The van der Waals surface area contributed by atoms with Crippen LogP contribution in [-0.4, -0.2) is 36.4 Å². The number of methoxy groups -OCH3 is 1. The number of nitrogens with one attached hydrogen (secondary N) is 1. The zero-order valence-corrected chi connectivity index (χ0v) is 14.9. The quantitative estimate of drug-likeness (QED) is 0.572. The van der Waals surface area contributed by atoms with Gasteiger partial charge in [-0.15, -0.1) is 0 Å². The molecule has 2 aromatic rings. The number of ether oxygens (including phenoxy) is 2. The second kappa shape index (κ2) is 8.87. The fourth-order valence-electron chi connectivity index (χ4n) is 2.00. The van der Waals surface area contributed by atoms with E-state index in [2.05, 4.69) is 10.5 Å². The van der Waals surface area contributed by atoms with Crippen LogP contribution in [0.1, 0.15) is 22.8 Å². The van der Waals surface area contributed by atoms with Gasteiger partial charge in [0, 0.05) is 16.1 Å². The Hall–Kier alpha value is -3.06. The van der Waals surface area contributed by atoms with E-state index in [1.54, 1.807) is 36.4 Å². The number of rotatable bonds is 7. The molecule has 0 fully saturated rings. The average molecular weight is 377 g/mol. The van der Waals surface area contributed by atoms with Gasteiger partial charge in [-0.1, -0.05) is 23.7 Å². The first-order valence-electron chi connectivity index (χ1n) is 7.57. The smallest absolute Gasteiger partial charge is 0.344 e. The summed E-state index contributed by atoms with van der Waals surface area (Å²) in [6.07, 6.45) is 0.258. The molecule has 0 aliphatic rings. The maximum absolute atomic E-state index is 12.0. The van der Waals surface area contributed by atoms with Crippen molar-refractivity contribution in [3.8, 4) is 11.5 Å². The Bertz CT molecular complexity index is 838. The SMILES string of the molecule is COc1cccc(/C=N\NC(=O)c2cccc(Cl)c2)c1O[C@H](C)C(=O)O. The van der Waals surface area contributed by atoms with Crippen molar-refractivity contribution in [1.29, 1.82) is 0 Å². The Morgan fingerprint density at radius 2 is 2.00 bits per heavy atom. The van der Waals surface area contributed by atoms with Crippen LogP contribution in [0.3, 0.4) is 0 Å². The lowest BCUT2D eigenvalue weighted by molar-refractivity contribution is -0.144. The number of carbonyl (C=O) groups is 2. The van der Waals surface area contributed by atoms with Crippen molar-refractivity contribution in [1.82, 2.24) is 5.43 Å². The summed E-state index contributed by atoms with van der Waals surface area (Å²) < 4.78 is 10.6. The fourth-order valence-corrected chi connectivity index (χ4v) is 2.19. The van der Waals surface area contributed by atoms with E-state index in [1.807, 2.05) is 0 Å². The molecule has 0 bridgehead atoms. The third kappa shape index (κ3) is 4.97. The molecule has 2 rings (SSSR count). The van der Waals surface area contributed by atoms with Gasteiger partial charge >= 0.3 is 5.97 Å². The van der Waals surface area contributed by atoms with Gasteiger partial charge in [-0.3, -0.25) is 4.79 Å². The number of nitrogens with zero attached hydrogens (tertiary/aromatic N) is 1. The van der Waals surface area contributed by atoms with Crippen LogP contribution in [0.25, 0.3) is 0 Å². The Labute approximate surface area is 155 Å². The molecule has 7 nitrogen and oxygen atoms in total. The molecule has 0 radical (unpaired) electrons. The van der Waals surface area contributed by atoms with Crippen molar-refractivity contribution >= 4 is 29.7 Å². The minimum Gasteiger partial charge on any atom is -0.493 e. The third-order valence-corrected chi connectivity index (χ3v) is 3.56. The third-order valence-electron chi connectivity index (χ3n) is 3.33. The summed E-state index contributed by atoms with van der Waals surface area (Å²) in [5, 5.41) is 13.4. The number of hydrogen-bond donors (Lipinski definition) is 2. The number of hydrazone groups is 1. The number of carboxylic acids is 1. The van der Waals surface area contributed by atoms with Crippen LogP contribution in [-0.2, 0) is 4.79 Å². The average Bonchev–Trinajstić information content (AvgIpc) is 2.62. The second-order valence-electron chi connectivity index (χ2n) is 5.19. The minimum atomic E-state index is -1.12. The van der Waals surface area contributed by atoms with E-state index < -0.39 is 18.0 Å². The molecule has 2 N–H and O–H groups in total. The highest BCUT2D eigenvalue weighted by Gasteiger charge is 2.18. The largest absolute Gasteiger partial charge is 0.493 e. The summed E-state index contributed by atoms with van der Waals surface area (Å²) in [4.78, 5) is 23.1. The normalized spacial score (nSPS) is 11.8. The van der Waals surface area contributed by atoms with Gasteiger partial charge < -0.3 is 14.6 Å². The molecular formula is C18H17ClN2O5. The van der Waals surface area contributed by atoms with Crippen LogP contribution in [0.5, 0.6) is 11.5 Å². The van der Waals surface area contributed by atoms with Crippen LogP contribution in [0.2, 0.25) is 5.02 Å². The molecule has 0 heterocycles. The van der Waals surface area contributed by atoms with Gasteiger partial charge in [-0.2, -0.15) is 5.10 Å². The topological polar surface area (TPSA) is 97.2 Å². The molecule has 0 saturated carbocycles. The lowest BCUT2D eigenvalue weighted by Crippen LogP contribution is -2.24. The number of benzene rings is 2. The van der Waals surface area contributed by atoms with Gasteiger partial charge in [-0.25, -0.2) is 10.2 Å². The molecule has 1 atom stereocenters. The highest BCUT2D eigenvalue weighted by atomic mass is 35.5. The van der Waals surface area contributed by atoms with E-state index in [0.717, 1.165) is 0 Å². The van der Waals surface area contributed by atoms with Gasteiger partial charge in [0.2, 0.25) is 0 Å². The Kier molecular flexibility index (Phi) is 6.57. The highest BCUT2D eigenvalue weighted by Crippen LogP contribution is 2.31. The Balaban J connectivity index is 2.18. The minimum absolute atomic E-state index is 0.214. The van der Waals surface area contributed by atoms with Gasteiger partial charge in [0.15, 0.2) is 17.6 Å². The monoisotopic (exact) mass is 376 g/mol. The number of carbonyl (C=O) groups excluding carboxylic acids is 1. The van der Waals surface area contributed by atoms with E-state index in [1.165, 1.54) is 26.3 Å². The van der Waals surface area contributed by atoms with Crippen LogP contribution in [0, 0.1) is 0 Å². The van der Waals surface area contributed by atoms with Crippen LogP contribution in [0.4, 0.5) is 0 Å². The number of para-hydroxylation sites is 1. The zero-order chi connectivity index (χ0) is 19.1. The molecule has 26 heavy (non-hydrogen) atoms. The molecule has 0 unspecified atom stereocenters. The van der Waals surface area contributed by atoms with Crippen molar-refractivity contribution in [2.45, 2.75) is 13.0 Å². The molecule has 8 heteroatoms. The molecule has 0 spiro atoms. The van der Waals surface area contributed by atoms with E-state index in [4.69, 9.17) is 26.2 Å². The first-order valence-corrected chi connectivity index (χ1v) is 7.95. The van der Waals surface area contributed by atoms with Crippen molar-refractivity contribution in [2.75, 3.05) is 7.11 Å². The van der Waals surface area contributed by atoms with Crippen molar-refractivity contribution in [3.05, 3.63) is 58.6 Å². The van der Waals surface area contributed by atoms with Crippen molar-refractivity contribution in [3.63, 3.8) is 0 Å². The number of halogens is 1. The predicted octanol–water partition coefficient (Wildman–Crippen LogP) is 2.96. The van der Waals surface area contributed by atoms with Crippen LogP contribution >= 0.6 is 11.6 Å². The molecule has 136 valence electrons. The predicted molar refractivity (Wildman–Crippen MR) is 97.2 cm³/mol. The maximum atomic E-state index is 12.0. The summed E-state index contributed by atoms with van der Waals surface area (Å²) in [5.74, 6) is -0.991. The number of carboxylic acid groups (broad SMARTS) is 1. The standard InChI is InChI=1S/C18H17ClN2O5/c1-11(18(23)24)26-16-13(6-4-8-15(16)25-2)10-20-21-17(22)12-5-3-7-14(19)9-12/h3-11H,1-2H3,(H,21,22)(H,23,24)/b20-10-/t11-/m1/s1. The van der Waals surface area contributed by atoms with E-state index in [-0.39, 0.29) is 5.75 Å². The molecule has 0 aromatic heterocycles. The van der Waals surface area contributed by atoms with E-state index in [9.17, 15) is 9.59 Å². The van der Waals surface area contributed by atoms with Gasteiger partial charge in [0.05, 0.1) is 13.3 Å². The van der Waals surface area contributed by atoms with Crippen LogP contribution < -0.4 is 14.9 Å². The molecule has 2 aromatic carbocycles. The number of aliphatic carboxylic acids is 1. The lowest BCUT2D eigenvalue weighted by atomic mass is 10.2. The van der Waals surface area contributed by atoms with Gasteiger partial charge in [0.25, 0.3) is 5.91 Å². The molecular weight excluding hydrogens is 360 g/mol. The fraction of sp³-hybridized carbons (Fsp3) is 0.167. The van der Waals surface area contributed by atoms with E-state index >= 15 is 0 Å². The summed E-state index contributed by atoms with van der Waals surface area (Å²) >= 11 is 5.85. The van der Waals surface area contributed by atoms with Crippen molar-refractivity contribution < 1.29 is 24.2 Å². The summed E-state index contributed by atoms with van der Waals surface area (Å²) in [5.41, 5.74) is 3.18. The summed E-state index contributed by atoms with van der Waals surface area (Å²) in [6.45, 7) is 1.40.